The van der Waals surface area contributed by atoms with Crippen molar-refractivity contribution in [2.45, 2.75) is 39.0 Å². The second-order valence-electron chi connectivity index (χ2n) is 5.85. The summed E-state index contributed by atoms with van der Waals surface area (Å²) in [7, 11) is 1.97. The van der Waals surface area contributed by atoms with E-state index in [1.807, 2.05) is 31.2 Å². The minimum atomic E-state index is -3.50. The van der Waals surface area contributed by atoms with Gasteiger partial charge in [0.1, 0.15) is 5.75 Å². The van der Waals surface area contributed by atoms with Crippen LogP contribution in [-0.4, -0.2) is 20.8 Å². The molecule has 20 heavy (non-hydrogen) atoms. The third-order valence-electron chi connectivity index (χ3n) is 3.96. The highest BCUT2D eigenvalue weighted by Gasteiger charge is 2.37. The van der Waals surface area contributed by atoms with Gasteiger partial charge in [0, 0.05) is 16.1 Å². The Balaban J connectivity index is 2.06. The largest absolute Gasteiger partial charge is 0.493 e. The summed E-state index contributed by atoms with van der Waals surface area (Å²) in [6, 6.07) is 7.81. The lowest BCUT2D eigenvalue weighted by Crippen LogP contribution is -2.36. The number of ether oxygens (including phenoxy) is 1. The molecule has 0 amide bonds. The van der Waals surface area contributed by atoms with Crippen LogP contribution in [0.5, 0.6) is 5.75 Å². The van der Waals surface area contributed by atoms with Gasteiger partial charge in [-0.25, -0.2) is 8.42 Å². The van der Waals surface area contributed by atoms with Gasteiger partial charge in [-0.3, -0.25) is 0 Å². The molecule has 5 heteroatoms. The highest BCUT2D eigenvalue weighted by Crippen LogP contribution is 2.38. The minimum Gasteiger partial charge on any atom is -0.493 e. The van der Waals surface area contributed by atoms with Crippen molar-refractivity contribution in [2.75, 3.05) is 12.4 Å². The van der Waals surface area contributed by atoms with Gasteiger partial charge < -0.3 is 4.74 Å². The molecule has 0 heterocycles. The number of aryl methyl sites for hydroxylation is 1. The summed E-state index contributed by atoms with van der Waals surface area (Å²) in [4.78, 5) is 0. The van der Waals surface area contributed by atoms with E-state index < -0.39 is 9.05 Å². The lowest BCUT2D eigenvalue weighted by molar-refractivity contribution is 0.119. The first-order valence-electron chi connectivity index (χ1n) is 7.00. The van der Waals surface area contributed by atoms with Gasteiger partial charge >= 0.3 is 0 Å². The Morgan fingerprint density at radius 1 is 1.15 bits per heavy atom. The molecule has 1 aliphatic rings. The minimum absolute atomic E-state index is 0.00736. The van der Waals surface area contributed by atoms with Gasteiger partial charge in [0.25, 0.3) is 0 Å². The first kappa shape index (κ1) is 15.6. The quantitative estimate of drug-likeness (QED) is 0.774. The van der Waals surface area contributed by atoms with Gasteiger partial charge in [-0.2, -0.15) is 0 Å². The fraction of sp³-hybridized carbons (Fsp3) is 0.600. The molecular weight excluding hydrogens is 296 g/mol. The third kappa shape index (κ3) is 4.67. The van der Waals surface area contributed by atoms with Crippen molar-refractivity contribution in [3.63, 3.8) is 0 Å². The molecule has 0 unspecified atom stereocenters. The molecule has 0 bridgehead atoms. The molecule has 112 valence electrons. The van der Waals surface area contributed by atoms with Gasteiger partial charge in [0.15, 0.2) is 0 Å². The highest BCUT2D eigenvalue weighted by molar-refractivity contribution is 8.13. The average molecular weight is 317 g/mol. The number of hydrogen-bond donors (Lipinski definition) is 0. The van der Waals surface area contributed by atoms with Crippen LogP contribution in [0.4, 0.5) is 0 Å². The molecular formula is C15H21ClO3S. The lowest BCUT2D eigenvalue weighted by Gasteiger charge is -2.35. The maximum atomic E-state index is 11.5. The zero-order valence-electron chi connectivity index (χ0n) is 11.8. The van der Waals surface area contributed by atoms with E-state index in [-0.39, 0.29) is 11.2 Å². The van der Waals surface area contributed by atoms with E-state index >= 15 is 0 Å². The second-order valence-corrected chi connectivity index (χ2v) is 8.62. The fourth-order valence-corrected chi connectivity index (χ4v) is 4.67. The van der Waals surface area contributed by atoms with Crippen molar-refractivity contribution >= 4 is 19.7 Å². The number of rotatable bonds is 5. The van der Waals surface area contributed by atoms with E-state index in [0.717, 1.165) is 37.9 Å². The van der Waals surface area contributed by atoms with Crippen LogP contribution < -0.4 is 4.74 Å². The summed E-state index contributed by atoms with van der Waals surface area (Å²) in [5.74, 6) is 0.792. The molecule has 2 rings (SSSR count). The first-order valence-corrected chi connectivity index (χ1v) is 9.48. The van der Waals surface area contributed by atoms with Crippen LogP contribution in [0.25, 0.3) is 0 Å². The van der Waals surface area contributed by atoms with Gasteiger partial charge in [-0.1, -0.05) is 37.0 Å². The zero-order chi connectivity index (χ0) is 14.6. The predicted octanol–water partition coefficient (Wildman–Crippen LogP) is 3.89. The average Bonchev–Trinajstić information content (AvgIpc) is 2.37. The monoisotopic (exact) mass is 316 g/mol. The smallest absolute Gasteiger partial charge is 0.233 e. The molecule has 1 saturated carbocycles. The topological polar surface area (TPSA) is 43.4 Å². The third-order valence-corrected chi connectivity index (χ3v) is 5.24. The molecule has 0 radical (unpaired) electrons. The molecule has 3 nitrogen and oxygen atoms in total. The van der Waals surface area contributed by atoms with E-state index in [2.05, 4.69) is 0 Å². The van der Waals surface area contributed by atoms with Gasteiger partial charge in [-0.15, -0.1) is 0 Å². The van der Waals surface area contributed by atoms with E-state index in [4.69, 9.17) is 15.4 Å². The fourth-order valence-electron chi connectivity index (χ4n) is 2.87. The maximum Gasteiger partial charge on any atom is 0.233 e. The molecule has 1 aromatic rings. The summed E-state index contributed by atoms with van der Waals surface area (Å²) in [6.45, 7) is 2.44. The van der Waals surface area contributed by atoms with Crippen LogP contribution in [0.1, 0.15) is 37.7 Å². The molecule has 0 aliphatic heterocycles. The summed E-state index contributed by atoms with van der Waals surface area (Å²) < 4.78 is 28.8. The molecule has 1 aliphatic carbocycles. The van der Waals surface area contributed by atoms with Crippen LogP contribution in [0.2, 0.25) is 0 Å². The van der Waals surface area contributed by atoms with Gasteiger partial charge in [0.2, 0.25) is 9.05 Å². The van der Waals surface area contributed by atoms with Crippen LogP contribution >= 0.6 is 10.7 Å². The van der Waals surface area contributed by atoms with Crippen LogP contribution in [-0.2, 0) is 9.05 Å². The Kier molecular flexibility index (Phi) is 4.97. The van der Waals surface area contributed by atoms with E-state index in [9.17, 15) is 8.42 Å². The summed E-state index contributed by atoms with van der Waals surface area (Å²) in [6.07, 6.45) is 4.98. The van der Waals surface area contributed by atoms with Crippen LogP contribution in [0.3, 0.4) is 0 Å². The molecule has 1 fully saturated rings. The molecule has 0 aromatic heterocycles. The van der Waals surface area contributed by atoms with Crippen molar-refractivity contribution in [3.05, 3.63) is 29.8 Å². The van der Waals surface area contributed by atoms with Gasteiger partial charge in [0.05, 0.1) is 12.4 Å². The standard InChI is InChI=1S/C15H21ClO3S/c1-13-5-7-14(8-6-13)19-11-15(12-20(16,17)18)9-3-2-4-10-15/h5-8H,2-4,9-12H2,1H3. The van der Waals surface area contributed by atoms with E-state index in [0.29, 0.717) is 6.61 Å². The first-order chi connectivity index (χ1) is 9.39. The highest BCUT2D eigenvalue weighted by atomic mass is 35.7. The van der Waals surface area contributed by atoms with E-state index in [1.165, 1.54) is 5.56 Å². The van der Waals surface area contributed by atoms with Crippen molar-refractivity contribution in [3.8, 4) is 5.75 Å². The van der Waals surface area contributed by atoms with Crippen molar-refractivity contribution in [1.29, 1.82) is 0 Å². The number of halogens is 1. The summed E-state index contributed by atoms with van der Waals surface area (Å²) in [5, 5.41) is 0. The number of benzene rings is 1. The Labute approximate surface area is 125 Å². The van der Waals surface area contributed by atoms with Crippen LogP contribution in [0.15, 0.2) is 24.3 Å². The Bertz CT molecular complexity index is 531. The lowest BCUT2D eigenvalue weighted by atomic mass is 9.76. The molecule has 0 saturated heterocycles. The summed E-state index contributed by atoms with van der Waals surface area (Å²) >= 11 is 0. The van der Waals surface area contributed by atoms with Gasteiger partial charge in [-0.05, 0) is 31.9 Å². The van der Waals surface area contributed by atoms with Crippen molar-refractivity contribution in [1.82, 2.24) is 0 Å². The van der Waals surface area contributed by atoms with Crippen molar-refractivity contribution < 1.29 is 13.2 Å². The molecule has 0 atom stereocenters. The Hall–Kier alpha value is -0.740. The van der Waals surface area contributed by atoms with E-state index in [1.54, 1.807) is 0 Å². The summed E-state index contributed by atoms with van der Waals surface area (Å²) in [5.41, 5.74) is 0.844. The molecule has 1 aromatic carbocycles. The Morgan fingerprint density at radius 2 is 1.75 bits per heavy atom. The maximum absolute atomic E-state index is 11.5. The zero-order valence-corrected chi connectivity index (χ0v) is 13.3. The molecule has 0 spiro atoms. The predicted molar refractivity (Wildman–Crippen MR) is 81.8 cm³/mol. The van der Waals surface area contributed by atoms with Crippen molar-refractivity contribution in [2.24, 2.45) is 5.41 Å². The number of hydrogen-bond acceptors (Lipinski definition) is 3. The second kappa shape index (κ2) is 6.35. The normalized spacial score (nSPS) is 18.7. The SMILES string of the molecule is Cc1ccc(OCC2(CS(=O)(=O)Cl)CCCCC2)cc1. The Morgan fingerprint density at radius 3 is 2.30 bits per heavy atom. The molecule has 0 N–H and O–H groups in total. The van der Waals surface area contributed by atoms with Crippen LogP contribution in [0, 0.1) is 12.3 Å².